The van der Waals surface area contributed by atoms with E-state index in [2.05, 4.69) is 5.32 Å². The van der Waals surface area contributed by atoms with Gasteiger partial charge in [0.05, 0.1) is 22.0 Å². The molecule has 2 aromatic rings. The van der Waals surface area contributed by atoms with Crippen LogP contribution in [0.4, 0.5) is 5.69 Å². The highest BCUT2D eigenvalue weighted by molar-refractivity contribution is 7.92. The largest absolute Gasteiger partial charge is 0.357 e. The molecule has 0 unspecified atom stereocenters. The molecule has 11 heteroatoms. The minimum Gasteiger partial charge on any atom is -0.357 e. The lowest BCUT2D eigenvalue weighted by molar-refractivity contribution is -0.140. The first-order chi connectivity index (χ1) is 15.0. The number of likely N-dealkylation sites (N-methyl/N-ethyl adjacent to an activating group) is 1. The molecule has 0 aliphatic carbocycles. The van der Waals surface area contributed by atoms with Crippen molar-refractivity contribution in [2.24, 2.45) is 0 Å². The second-order valence-corrected chi connectivity index (χ2v) is 10.2. The number of hydrogen-bond donors (Lipinski definition) is 1. The van der Waals surface area contributed by atoms with Crippen LogP contribution in [0.5, 0.6) is 0 Å². The van der Waals surface area contributed by atoms with Gasteiger partial charge < -0.3 is 10.2 Å². The summed E-state index contributed by atoms with van der Waals surface area (Å²) in [4.78, 5) is 27.2. The number of carbonyl (C=O) groups is 2. The first-order valence-electron chi connectivity index (χ1n) is 9.66. The van der Waals surface area contributed by atoms with Crippen molar-refractivity contribution < 1.29 is 18.0 Å². The van der Waals surface area contributed by atoms with Crippen LogP contribution >= 0.6 is 34.8 Å². The van der Waals surface area contributed by atoms with Crippen LogP contribution in [-0.4, -0.2) is 51.0 Å². The number of nitrogens with one attached hydrogen (secondary N) is 1. The second-order valence-electron chi connectivity index (χ2n) is 7.05. The number of halogens is 3. The van der Waals surface area contributed by atoms with Gasteiger partial charge in [-0.15, -0.1) is 0 Å². The minimum absolute atomic E-state index is 0.0981. The average Bonchev–Trinajstić information content (AvgIpc) is 2.74. The van der Waals surface area contributed by atoms with Crippen LogP contribution in [0, 0.1) is 0 Å². The van der Waals surface area contributed by atoms with Crippen LogP contribution in [0.15, 0.2) is 42.5 Å². The lowest BCUT2D eigenvalue weighted by atomic mass is 10.1. The zero-order valence-corrected chi connectivity index (χ0v) is 20.9. The lowest BCUT2D eigenvalue weighted by Gasteiger charge is -2.32. The van der Waals surface area contributed by atoms with Gasteiger partial charge >= 0.3 is 0 Å². The predicted molar refractivity (Wildman–Crippen MR) is 129 cm³/mol. The van der Waals surface area contributed by atoms with Crippen molar-refractivity contribution in [1.29, 1.82) is 0 Å². The van der Waals surface area contributed by atoms with E-state index in [-0.39, 0.29) is 28.2 Å². The SMILES string of the molecule is CC[C@@H](C(=O)NC)N(Cc1ccc(Cl)cc1)C(=O)CN(c1ccc(Cl)c(Cl)c1)S(C)(=O)=O. The fourth-order valence-electron chi connectivity index (χ4n) is 3.13. The summed E-state index contributed by atoms with van der Waals surface area (Å²) in [5.41, 5.74) is 0.931. The Kier molecular flexibility index (Phi) is 9.21. The number of hydrogen-bond acceptors (Lipinski definition) is 4. The second kappa shape index (κ2) is 11.2. The third-order valence-electron chi connectivity index (χ3n) is 4.77. The summed E-state index contributed by atoms with van der Waals surface area (Å²) in [6.07, 6.45) is 1.33. The number of nitrogens with zero attached hydrogens (tertiary/aromatic N) is 2. The first kappa shape index (κ1) is 26.3. The lowest BCUT2D eigenvalue weighted by Crippen LogP contribution is -2.51. The Balaban J connectivity index is 2.43. The van der Waals surface area contributed by atoms with Crippen LogP contribution in [0.1, 0.15) is 18.9 Å². The molecule has 0 spiro atoms. The molecule has 0 radical (unpaired) electrons. The van der Waals surface area contributed by atoms with Crippen LogP contribution in [0.3, 0.4) is 0 Å². The zero-order chi connectivity index (χ0) is 24.1. The molecule has 32 heavy (non-hydrogen) atoms. The van der Waals surface area contributed by atoms with Crippen molar-refractivity contribution in [2.75, 3.05) is 24.2 Å². The smallest absolute Gasteiger partial charge is 0.244 e. The topological polar surface area (TPSA) is 86.8 Å². The number of sulfonamides is 1. The fourth-order valence-corrected chi connectivity index (χ4v) is 4.39. The predicted octanol–water partition coefficient (Wildman–Crippen LogP) is 3.97. The van der Waals surface area contributed by atoms with Gasteiger partial charge in [0.25, 0.3) is 0 Å². The molecule has 0 bridgehead atoms. The number of benzene rings is 2. The molecule has 0 aromatic heterocycles. The third kappa shape index (κ3) is 6.75. The fraction of sp³-hybridized carbons (Fsp3) is 0.333. The molecule has 0 aliphatic heterocycles. The maximum absolute atomic E-state index is 13.4. The van der Waals surface area contributed by atoms with Crippen molar-refractivity contribution in [3.63, 3.8) is 0 Å². The standard InChI is InChI=1S/C21H24Cl3N3O4S/c1-4-19(21(29)25-2)26(12-14-5-7-15(22)8-6-14)20(28)13-27(32(3,30)31)16-9-10-17(23)18(24)11-16/h5-11,19H,4,12-13H2,1-3H3,(H,25,29)/t19-/m0/s1. The molecular weight excluding hydrogens is 497 g/mol. The van der Waals surface area contributed by atoms with Gasteiger partial charge in [0.15, 0.2) is 0 Å². The molecule has 174 valence electrons. The van der Waals surface area contributed by atoms with E-state index in [1.54, 1.807) is 31.2 Å². The van der Waals surface area contributed by atoms with E-state index in [0.29, 0.717) is 11.4 Å². The molecule has 0 aliphatic rings. The first-order valence-corrected chi connectivity index (χ1v) is 12.6. The Morgan fingerprint density at radius 2 is 1.66 bits per heavy atom. The quantitative estimate of drug-likeness (QED) is 0.542. The van der Waals surface area contributed by atoms with Gasteiger partial charge in [-0.3, -0.25) is 13.9 Å². The van der Waals surface area contributed by atoms with E-state index < -0.39 is 28.5 Å². The van der Waals surface area contributed by atoms with Crippen molar-refractivity contribution in [3.8, 4) is 0 Å². The highest BCUT2D eigenvalue weighted by Gasteiger charge is 2.31. The summed E-state index contributed by atoms with van der Waals surface area (Å²) in [5, 5.41) is 3.50. The van der Waals surface area contributed by atoms with E-state index in [9.17, 15) is 18.0 Å². The minimum atomic E-state index is -3.85. The molecule has 7 nitrogen and oxygen atoms in total. The Labute approximate surface area is 203 Å². The molecule has 0 saturated heterocycles. The van der Waals surface area contributed by atoms with Crippen molar-refractivity contribution >= 4 is 62.3 Å². The van der Waals surface area contributed by atoms with Gasteiger partial charge in [0, 0.05) is 18.6 Å². The molecule has 2 aromatic carbocycles. The molecular formula is C21H24Cl3N3O4S. The monoisotopic (exact) mass is 519 g/mol. The van der Waals surface area contributed by atoms with E-state index >= 15 is 0 Å². The number of rotatable bonds is 9. The Bertz CT molecular complexity index is 1080. The number of amides is 2. The highest BCUT2D eigenvalue weighted by Crippen LogP contribution is 2.28. The summed E-state index contributed by atoms with van der Waals surface area (Å²) in [7, 11) is -2.37. The van der Waals surface area contributed by atoms with Crippen molar-refractivity contribution in [2.45, 2.75) is 25.9 Å². The van der Waals surface area contributed by atoms with E-state index in [0.717, 1.165) is 16.1 Å². The molecule has 0 fully saturated rings. The normalized spacial score (nSPS) is 12.2. The summed E-state index contributed by atoms with van der Waals surface area (Å²) >= 11 is 17.9. The summed E-state index contributed by atoms with van der Waals surface area (Å²) in [6.45, 7) is 1.36. The Hall–Kier alpha value is -2.00. The van der Waals surface area contributed by atoms with Crippen LogP contribution < -0.4 is 9.62 Å². The van der Waals surface area contributed by atoms with Crippen LogP contribution in [0.2, 0.25) is 15.1 Å². The van der Waals surface area contributed by atoms with Crippen LogP contribution in [-0.2, 0) is 26.2 Å². The number of anilines is 1. The number of carbonyl (C=O) groups excluding carboxylic acids is 2. The molecule has 1 atom stereocenters. The summed E-state index contributed by atoms with van der Waals surface area (Å²) < 4.78 is 25.9. The van der Waals surface area contributed by atoms with Gasteiger partial charge in [0.2, 0.25) is 21.8 Å². The Morgan fingerprint density at radius 3 is 2.16 bits per heavy atom. The molecule has 0 saturated carbocycles. The summed E-state index contributed by atoms with van der Waals surface area (Å²) in [6, 6.07) is 10.3. The molecule has 2 amide bonds. The van der Waals surface area contributed by atoms with Crippen LogP contribution in [0.25, 0.3) is 0 Å². The maximum Gasteiger partial charge on any atom is 0.244 e. The highest BCUT2D eigenvalue weighted by atomic mass is 35.5. The molecule has 2 rings (SSSR count). The Morgan fingerprint density at radius 1 is 1.03 bits per heavy atom. The van der Waals surface area contributed by atoms with Gasteiger partial charge in [-0.25, -0.2) is 8.42 Å². The maximum atomic E-state index is 13.4. The van der Waals surface area contributed by atoms with Crippen molar-refractivity contribution in [1.82, 2.24) is 10.2 Å². The van der Waals surface area contributed by atoms with E-state index in [4.69, 9.17) is 34.8 Å². The van der Waals surface area contributed by atoms with Gasteiger partial charge in [-0.05, 0) is 42.3 Å². The van der Waals surface area contributed by atoms with Gasteiger partial charge in [0.1, 0.15) is 12.6 Å². The van der Waals surface area contributed by atoms with Gasteiger partial charge in [-0.1, -0.05) is 53.9 Å². The molecule has 0 heterocycles. The van der Waals surface area contributed by atoms with E-state index in [1.165, 1.54) is 30.1 Å². The zero-order valence-electron chi connectivity index (χ0n) is 17.8. The third-order valence-corrected chi connectivity index (χ3v) is 6.90. The average molecular weight is 521 g/mol. The van der Waals surface area contributed by atoms with E-state index in [1.807, 2.05) is 0 Å². The van der Waals surface area contributed by atoms with Gasteiger partial charge in [-0.2, -0.15) is 0 Å². The summed E-state index contributed by atoms with van der Waals surface area (Å²) in [5.74, 6) is -0.901. The van der Waals surface area contributed by atoms with Crippen molar-refractivity contribution in [3.05, 3.63) is 63.1 Å². The molecule has 1 N–H and O–H groups in total.